The number of nitrogens with zero attached hydrogens (tertiary/aromatic N) is 4. The van der Waals surface area contributed by atoms with Gasteiger partial charge < -0.3 is 9.80 Å². The number of aromatic nitrogens is 2. The minimum atomic E-state index is 0.0612. The molecule has 4 atom stereocenters. The second-order valence-corrected chi connectivity index (χ2v) is 8.50. The van der Waals surface area contributed by atoms with Crippen LogP contribution in [0.5, 0.6) is 0 Å². The summed E-state index contributed by atoms with van der Waals surface area (Å²) in [4.78, 5) is 38.8. The molecule has 0 unspecified atom stereocenters. The van der Waals surface area contributed by atoms with Gasteiger partial charge in [-0.25, -0.2) is 9.97 Å². The van der Waals surface area contributed by atoms with Crippen LogP contribution in [0, 0.1) is 25.7 Å². The third-order valence-corrected chi connectivity index (χ3v) is 6.81. The van der Waals surface area contributed by atoms with Crippen molar-refractivity contribution in [1.29, 1.82) is 0 Å². The monoisotopic (exact) mass is 370 g/mol. The van der Waals surface area contributed by atoms with E-state index in [1.54, 1.807) is 0 Å². The molecule has 2 amide bonds. The van der Waals surface area contributed by atoms with Crippen LogP contribution in [0.3, 0.4) is 0 Å². The highest BCUT2D eigenvalue weighted by Gasteiger charge is 2.49. The summed E-state index contributed by atoms with van der Waals surface area (Å²) in [6.07, 6.45) is 7.53. The molecule has 0 spiro atoms. The van der Waals surface area contributed by atoms with E-state index in [1.807, 2.05) is 18.7 Å². The summed E-state index contributed by atoms with van der Waals surface area (Å²) in [6.45, 7) is 7.44. The fourth-order valence-electron chi connectivity index (χ4n) is 5.67. The number of hydrogen-bond donors (Lipinski definition) is 0. The first-order chi connectivity index (χ1) is 13.0. The van der Waals surface area contributed by atoms with Crippen LogP contribution in [-0.4, -0.2) is 56.8 Å². The predicted octanol–water partition coefficient (Wildman–Crippen LogP) is 2.74. The summed E-state index contributed by atoms with van der Waals surface area (Å²) in [5, 5.41) is 0. The summed E-state index contributed by atoms with van der Waals surface area (Å²) < 4.78 is 0. The highest BCUT2D eigenvalue weighted by Crippen LogP contribution is 2.43. The molecule has 0 aliphatic carbocycles. The molecule has 27 heavy (non-hydrogen) atoms. The van der Waals surface area contributed by atoms with Crippen LogP contribution in [0.15, 0.2) is 6.33 Å². The van der Waals surface area contributed by atoms with Crippen molar-refractivity contribution in [3.05, 3.63) is 23.3 Å². The van der Waals surface area contributed by atoms with E-state index < -0.39 is 0 Å². The lowest BCUT2D eigenvalue weighted by Crippen LogP contribution is -2.65. The molecule has 3 saturated heterocycles. The molecule has 146 valence electrons. The first kappa shape index (κ1) is 18.4. The van der Waals surface area contributed by atoms with Gasteiger partial charge >= 0.3 is 0 Å². The van der Waals surface area contributed by atoms with E-state index in [0.717, 1.165) is 56.6 Å². The van der Waals surface area contributed by atoms with Gasteiger partial charge in [-0.1, -0.05) is 13.3 Å². The van der Waals surface area contributed by atoms with Gasteiger partial charge in [0.15, 0.2) is 0 Å². The standard InChI is InChI=1S/C21H30N4O2/c1-4-6-17-15-9-16(18-7-5-8-19(26)25(17)18)11-24(10-15)21(27)20-13(2)22-12-23-14(20)3/h12,15-18H,4-11H2,1-3H3/t15-,16+,17-,18-/m0/s1. The zero-order valence-corrected chi connectivity index (χ0v) is 16.6. The molecule has 0 N–H and O–H groups in total. The Labute approximate surface area is 161 Å². The number of rotatable bonds is 3. The summed E-state index contributed by atoms with van der Waals surface area (Å²) in [6, 6.07) is 0.595. The molecule has 0 radical (unpaired) electrons. The first-order valence-electron chi connectivity index (χ1n) is 10.4. The van der Waals surface area contributed by atoms with Gasteiger partial charge in [-0.3, -0.25) is 9.59 Å². The van der Waals surface area contributed by atoms with E-state index in [0.29, 0.717) is 35.8 Å². The van der Waals surface area contributed by atoms with E-state index in [2.05, 4.69) is 21.8 Å². The molecule has 2 bridgehead atoms. The van der Waals surface area contributed by atoms with Crippen molar-refractivity contribution in [3.63, 3.8) is 0 Å². The van der Waals surface area contributed by atoms with Crippen molar-refractivity contribution in [2.75, 3.05) is 13.1 Å². The Balaban J connectivity index is 1.63. The van der Waals surface area contributed by atoms with E-state index in [4.69, 9.17) is 0 Å². The third kappa shape index (κ3) is 3.13. The van der Waals surface area contributed by atoms with Crippen molar-refractivity contribution in [2.45, 2.75) is 71.4 Å². The maximum Gasteiger partial charge on any atom is 0.257 e. The SMILES string of the molecule is CCC[C@H]1[C@H]2C[C@H](CN(C(=O)c3c(C)ncnc3C)C2)[C@@H]2CCCC(=O)N21. The second kappa shape index (κ2) is 7.21. The zero-order valence-electron chi connectivity index (χ0n) is 16.6. The van der Waals surface area contributed by atoms with Crippen molar-refractivity contribution in [3.8, 4) is 0 Å². The van der Waals surface area contributed by atoms with Gasteiger partial charge in [-0.05, 0) is 51.4 Å². The fraction of sp³-hybridized carbons (Fsp3) is 0.714. The van der Waals surface area contributed by atoms with E-state index >= 15 is 0 Å². The summed E-state index contributed by atoms with van der Waals surface area (Å²) in [5.41, 5.74) is 2.16. The predicted molar refractivity (Wildman–Crippen MR) is 102 cm³/mol. The smallest absolute Gasteiger partial charge is 0.257 e. The van der Waals surface area contributed by atoms with Gasteiger partial charge in [0.25, 0.3) is 5.91 Å². The molecule has 6 heteroatoms. The van der Waals surface area contributed by atoms with Gasteiger partial charge in [0, 0.05) is 31.6 Å². The lowest BCUT2D eigenvalue weighted by molar-refractivity contribution is -0.152. The van der Waals surface area contributed by atoms with Crippen LogP contribution in [-0.2, 0) is 4.79 Å². The molecule has 4 rings (SSSR count). The molecule has 1 aromatic rings. The Morgan fingerprint density at radius 2 is 1.89 bits per heavy atom. The van der Waals surface area contributed by atoms with Crippen molar-refractivity contribution in [1.82, 2.24) is 19.8 Å². The molecule has 6 nitrogen and oxygen atoms in total. The van der Waals surface area contributed by atoms with Crippen LogP contribution in [0.4, 0.5) is 0 Å². The zero-order chi connectivity index (χ0) is 19.1. The molecule has 0 saturated carbocycles. The van der Waals surface area contributed by atoms with Crippen LogP contribution in [0.2, 0.25) is 0 Å². The van der Waals surface area contributed by atoms with Crippen LogP contribution >= 0.6 is 0 Å². The molecule has 4 heterocycles. The molecular formula is C21H30N4O2. The Morgan fingerprint density at radius 1 is 1.19 bits per heavy atom. The van der Waals surface area contributed by atoms with Gasteiger partial charge in [-0.2, -0.15) is 0 Å². The topological polar surface area (TPSA) is 66.4 Å². The number of piperidine rings is 3. The maximum absolute atomic E-state index is 13.3. The minimum absolute atomic E-state index is 0.0612. The highest BCUT2D eigenvalue weighted by atomic mass is 16.2. The summed E-state index contributed by atoms with van der Waals surface area (Å²) in [7, 11) is 0. The largest absolute Gasteiger partial charge is 0.338 e. The van der Waals surface area contributed by atoms with Crippen molar-refractivity contribution >= 4 is 11.8 Å². The van der Waals surface area contributed by atoms with Crippen molar-refractivity contribution < 1.29 is 9.59 Å². The lowest BCUT2D eigenvalue weighted by Gasteiger charge is -2.56. The van der Waals surface area contributed by atoms with E-state index in [-0.39, 0.29) is 11.9 Å². The summed E-state index contributed by atoms with van der Waals surface area (Å²) >= 11 is 0. The van der Waals surface area contributed by atoms with Crippen LogP contribution in [0.25, 0.3) is 0 Å². The summed E-state index contributed by atoms with van der Waals surface area (Å²) in [5.74, 6) is 1.18. The van der Waals surface area contributed by atoms with E-state index in [1.165, 1.54) is 6.33 Å². The average molecular weight is 370 g/mol. The Hall–Kier alpha value is -1.98. The normalized spacial score (nSPS) is 30.3. The molecule has 0 aromatic carbocycles. The quantitative estimate of drug-likeness (QED) is 0.820. The van der Waals surface area contributed by atoms with Crippen LogP contribution < -0.4 is 0 Å². The lowest BCUT2D eigenvalue weighted by atomic mass is 9.71. The van der Waals surface area contributed by atoms with E-state index in [9.17, 15) is 9.59 Å². The highest BCUT2D eigenvalue weighted by molar-refractivity contribution is 5.96. The maximum atomic E-state index is 13.3. The van der Waals surface area contributed by atoms with Gasteiger partial charge in [0.1, 0.15) is 6.33 Å². The average Bonchev–Trinajstić information content (AvgIpc) is 2.65. The molecule has 1 aromatic heterocycles. The second-order valence-electron chi connectivity index (χ2n) is 8.50. The number of carbonyl (C=O) groups excluding carboxylic acids is 2. The number of likely N-dealkylation sites (tertiary alicyclic amines) is 1. The number of hydrogen-bond acceptors (Lipinski definition) is 4. The number of aryl methyl sites for hydroxylation is 2. The first-order valence-corrected chi connectivity index (χ1v) is 10.4. The van der Waals surface area contributed by atoms with Crippen molar-refractivity contribution in [2.24, 2.45) is 11.8 Å². The van der Waals surface area contributed by atoms with Gasteiger partial charge in [0.2, 0.25) is 5.91 Å². The van der Waals surface area contributed by atoms with Crippen LogP contribution in [0.1, 0.15) is 67.2 Å². The molecule has 3 aliphatic rings. The number of carbonyl (C=O) groups is 2. The Bertz CT molecular complexity index is 729. The number of fused-ring (bicyclic) bond motifs is 4. The Kier molecular flexibility index (Phi) is 4.91. The molecular weight excluding hydrogens is 340 g/mol. The Morgan fingerprint density at radius 3 is 2.59 bits per heavy atom. The number of amides is 2. The molecule has 3 aliphatic heterocycles. The third-order valence-electron chi connectivity index (χ3n) is 6.81. The van der Waals surface area contributed by atoms with Gasteiger partial charge in [0.05, 0.1) is 17.0 Å². The van der Waals surface area contributed by atoms with Gasteiger partial charge in [-0.15, -0.1) is 0 Å². The fourth-order valence-corrected chi connectivity index (χ4v) is 5.67. The molecule has 3 fully saturated rings. The minimum Gasteiger partial charge on any atom is -0.338 e.